The molecule has 0 aromatic heterocycles. The van der Waals surface area contributed by atoms with Gasteiger partial charge in [0.05, 0.1) is 12.5 Å². The van der Waals surface area contributed by atoms with Crippen LogP contribution in [0.15, 0.2) is 54.7 Å². The summed E-state index contributed by atoms with van der Waals surface area (Å²) in [5, 5.41) is 2.91. The Hall–Kier alpha value is -2.15. The first-order valence-corrected chi connectivity index (χ1v) is 8.74. The molecule has 1 heterocycles. The summed E-state index contributed by atoms with van der Waals surface area (Å²) in [6.07, 6.45) is 3.88. The van der Waals surface area contributed by atoms with Crippen molar-refractivity contribution in [3.8, 4) is 0 Å². The van der Waals surface area contributed by atoms with Crippen LogP contribution in [0.2, 0.25) is 0 Å². The highest BCUT2D eigenvalue weighted by Gasteiger charge is 2.28. The standard InChI is InChI=1S/C19H17IN2O2/c1-13(23)22-10-9-14-5-2-3-8-17(14)18(22)12-19(24)21-16-7-4-6-15(20)11-16/h2-11,18H,12H2,1H3,(H,21,24). The molecule has 1 aliphatic heterocycles. The number of nitrogens with one attached hydrogen (secondary N) is 1. The van der Waals surface area contributed by atoms with Gasteiger partial charge in [-0.3, -0.25) is 9.59 Å². The van der Waals surface area contributed by atoms with E-state index in [1.165, 1.54) is 6.92 Å². The lowest BCUT2D eigenvalue weighted by Crippen LogP contribution is -2.33. The van der Waals surface area contributed by atoms with E-state index in [1.54, 1.807) is 11.1 Å². The zero-order valence-corrected chi connectivity index (χ0v) is 15.4. The summed E-state index contributed by atoms with van der Waals surface area (Å²) in [5.41, 5.74) is 2.80. The zero-order valence-electron chi connectivity index (χ0n) is 13.2. The summed E-state index contributed by atoms with van der Waals surface area (Å²) in [4.78, 5) is 26.1. The molecule has 1 N–H and O–H groups in total. The summed E-state index contributed by atoms with van der Waals surface area (Å²) in [6.45, 7) is 1.52. The van der Waals surface area contributed by atoms with Crippen LogP contribution in [0.25, 0.3) is 6.08 Å². The molecule has 5 heteroatoms. The third-order valence-electron chi connectivity index (χ3n) is 3.96. The number of benzene rings is 2. The summed E-state index contributed by atoms with van der Waals surface area (Å²) < 4.78 is 1.06. The second-order valence-corrected chi connectivity index (χ2v) is 6.90. The number of hydrogen-bond acceptors (Lipinski definition) is 2. The minimum absolute atomic E-state index is 0.0761. The number of rotatable bonds is 3. The average molecular weight is 432 g/mol. The molecule has 0 spiro atoms. The van der Waals surface area contributed by atoms with Crippen molar-refractivity contribution in [2.24, 2.45) is 0 Å². The second-order valence-electron chi connectivity index (χ2n) is 5.65. The lowest BCUT2D eigenvalue weighted by Gasteiger charge is -2.32. The molecule has 0 saturated heterocycles. The van der Waals surface area contributed by atoms with Crippen LogP contribution >= 0.6 is 22.6 Å². The highest BCUT2D eigenvalue weighted by Crippen LogP contribution is 2.33. The predicted molar refractivity (Wildman–Crippen MR) is 103 cm³/mol. The molecule has 0 fully saturated rings. The third-order valence-corrected chi connectivity index (χ3v) is 4.63. The molecule has 1 unspecified atom stereocenters. The average Bonchev–Trinajstić information content (AvgIpc) is 2.54. The zero-order chi connectivity index (χ0) is 17.1. The number of nitrogens with zero attached hydrogens (tertiary/aromatic N) is 1. The molecule has 2 aromatic carbocycles. The van der Waals surface area contributed by atoms with Gasteiger partial charge >= 0.3 is 0 Å². The van der Waals surface area contributed by atoms with Crippen molar-refractivity contribution in [3.05, 3.63) is 69.4 Å². The van der Waals surface area contributed by atoms with E-state index >= 15 is 0 Å². The van der Waals surface area contributed by atoms with E-state index in [4.69, 9.17) is 0 Å². The number of halogens is 1. The summed E-state index contributed by atoms with van der Waals surface area (Å²) in [6, 6.07) is 15.2. The van der Waals surface area contributed by atoms with Crippen LogP contribution in [0.4, 0.5) is 5.69 Å². The molecule has 0 aliphatic carbocycles. The van der Waals surface area contributed by atoms with Crippen LogP contribution in [-0.4, -0.2) is 16.7 Å². The first-order valence-electron chi connectivity index (χ1n) is 7.66. The van der Waals surface area contributed by atoms with Gasteiger partial charge in [0, 0.05) is 22.4 Å². The lowest BCUT2D eigenvalue weighted by molar-refractivity contribution is -0.129. The van der Waals surface area contributed by atoms with Gasteiger partial charge in [-0.05, 0) is 58.0 Å². The topological polar surface area (TPSA) is 49.4 Å². The molecule has 122 valence electrons. The fraction of sp³-hybridized carbons (Fsp3) is 0.158. The van der Waals surface area contributed by atoms with E-state index in [0.717, 1.165) is 20.4 Å². The van der Waals surface area contributed by atoms with Gasteiger partial charge < -0.3 is 10.2 Å². The fourth-order valence-corrected chi connectivity index (χ4v) is 3.41. The van der Waals surface area contributed by atoms with Crippen molar-refractivity contribution in [2.75, 3.05) is 5.32 Å². The molecular weight excluding hydrogens is 415 g/mol. The second kappa shape index (κ2) is 7.17. The number of carbonyl (C=O) groups is 2. The lowest BCUT2D eigenvalue weighted by atomic mass is 9.93. The highest BCUT2D eigenvalue weighted by atomic mass is 127. The van der Waals surface area contributed by atoms with Gasteiger partial charge in [0.15, 0.2) is 0 Å². The van der Waals surface area contributed by atoms with Crippen molar-refractivity contribution in [2.45, 2.75) is 19.4 Å². The van der Waals surface area contributed by atoms with Crippen molar-refractivity contribution in [1.29, 1.82) is 0 Å². The van der Waals surface area contributed by atoms with Crippen LogP contribution in [-0.2, 0) is 9.59 Å². The number of anilines is 1. The van der Waals surface area contributed by atoms with Gasteiger partial charge in [-0.15, -0.1) is 0 Å². The van der Waals surface area contributed by atoms with E-state index in [2.05, 4.69) is 27.9 Å². The maximum absolute atomic E-state index is 12.5. The van der Waals surface area contributed by atoms with Crippen molar-refractivity contribution < 1.29 is 9.59 Å². The van der Waals surface area contributed by atoms with Gasteiger partial charge in [0.1, 0.15) is 0 Å². The largest absolute Gasteiger partial charge is 0.326 e. The van der Waals surface area contributed by atoms with Crippen LogP contribution in [0.3, 0.4) is 0 Å². The van der Waals surface area contributed by atoms with Crippen molar-refractivity contribution in [3.63, 3.8) is 0 Å². The summed E-state index contributed by atoms with van der Waals surface area (Å²) >= 11 is 2.21. The number of amides is 2. The Labute approximate surface area is 154 Å². The smallest absolute Gasteiger partial charge is 0.226 e. The maximum atomic E-state index is 12.5. The number of hydrogen-bond donors (Lipinski definition) is 1. The summed E-state index contributed by atoms with van der Waals surface area (Å²) in [5.74, 6) is -0.189. The monoisotopic (exact) mass is 432 g/mol. The third kappa shape index (κ3) is 3.67. The van der Waals surface area contributed by atoms with E-state index in [1.807, 2.05) is 54.6 Å². The number of fused-ring (bicyclic) bond motifs is 1. The van der Waals surface area contributed by atoms with E-state index < -0.39 is 0 Å². The Bertz CT molecular complexity index is 817. The minimum Gasteiger partial charge on any atom is -0.326 e. The Morgan fingerprint density at radius 1 is 1.17 bits per heavy atom. The van der Waals surface area contributed by atoms with Crippen molar-refractivity contribution >= 4 is 46.2 Å². The quantitative estimate of drug-likeness (QED) is 0.740. The van der Waals surface area contributed by atoms with E-state index in [9.17, 15) is 9.59 Å². The molecule has 2 aromatic rings. The van der Waals surface area contributed by atoms with Gasteiger partial charge in [0.2, 0.25) is 11.8 Å². The maximum Gasteiger partial charge on any atom is 0.226 e. The Morgan fingerprint density at radius 3 is 2.71 bits per heavy atom. The molecule has 0 bridgehead atoms. The van der Waals surface area contributed by atoms with E-state index in [0.29, 0.717) is 0 Å². The molecule has 24 heavy (non-hydrogen) atoms. The van der Waals surface area contributed by atoms with Crippen LogP contribution < -0.4 is 5.32 Å². The Morgan fingerprint density at radius 2 is 1.96 bits per heavy atom. The van der Waals surface area contributed by atoms with E-state index in [-0.39, 0.29) is 24.3 Å². The predicted octanol–water partition coefficient (Wildman–Crippen LogP) is 4.19. The molecular formula is C19H17IN2O2. The summed E-state index contributed by atoms with van der Waals surface area (Å²) in [7, 11) is 0. The van der Waals surface area contributed by atoms with Crippen LogP contribution in [0, 0.1) is 3.57 Å². The Kier molecular flexibility index (Phi) is 4.99. The first kappa shape index (κ1) is 16.7. The van der Waals surface area contributed by atoms with Crippen LogP contribution in [0.1, 0.15) is 30.5 Å². The van der Waals surface area contributed by atoms with Gasteiger partial charge in [0.25, 0.3) is 0 Å². The van der Waals surface area contributed by atoms with Gasteiger partial charge in [-0.2, -0.15) is 0 Å². The number of carbonyl (C=O) groups excluding carboxylic acids is 2. The molecule has 1 aliphatic rings. The molecule has 0 saturated carbocycles. The molecule has 2 amide bonds. The highest BCUT2D eigenvalue weighted by molar-refractivity contribution is 14.1. The molecule has 0 radical (unpaired) electrons. The van der Waals surface area contributed by atoms with Crippen LogP contribution in [0.5, 0.6) is 0 Å². The molecule has 4 nitrogen and oxygen atoms in total. The van der Waals surface area contributed by atoms with Gasteiger partial charge in [-0.1, -0.05) is 30.3 Å². The Balaban J connectivity index is 1.82. The van der Waals surface area contributed by atoms with Gasteiger partial charge in [-0.25, -0.2) is 0 Å². The van der Waals surface area contributed by atoms with Crippen molar-refractivity contribution in [1.82, 2.24) is 4.90 Å². The first-order chi connectivity index (χ1) is 11.5. The molecule has 3 rings (SSSR count). The minimum atomic E-state index is -0.286. The molecule has 1 atom stereocenters. The normalized spacial score (nSPS) is 15.8. The SMILES string of the molecule is CC(=O)N1C=Cc2ccccc2C1CC(=O)Nc1cccc(I)c1. The fourth-order valence-electron chi connectivity index (χ4n) is 2.87.